The molecule has 0 atom stereocenters. The molecule has 0 aliphatic heterocycles. The number of aromatic nitrogens is 3. The summed E-state index contributed by atoms with van der Waals surface area (Å²) < 4.78 is 1.61. The number of benzene rings is 1. The molecule has 0 aliphatic rings. The maximum Gasteiger partial charge on any atom is 0.335 e. The average molecular weight is 353 g/mol. The third kappa shape index (κ3) is 3.36. The van der Waals surface area contributed by atoms with Gasteiger partial charge in [-0.15, -0.1) is 0 Å². The van der Waals surface area contributed by atoms with Crippen LogP contribution in [0.1, 0.15) is 26.4 Å². The van der Waals surface area contributed by atoms with Crippen LogP contribution >= 0.6 is 0 Å². The molecule has 2 aromatic heterocycles. The molecular formula is C17H15N5O4. The number of pyridine rings is 1. The summed E-state index contributed by atoms with van der Waals surface area (Å²) in [7, 11) is 1.76. The number of anilines is 1. The van der Waals surface area contributed by atoms with Crippen LogP contribution in [0.4, 0.5) is 10.5 Å². The van der Waals surface area contributed by atoms with Crippen LogP contribution in [0.5, 0.6) is 0 Å². The monoisotopic (exact) mass is 353 g/mol. The molecular weight excluding hydrogens is 338 g/mol. The smallest absolute Gasteiger partial charge is 0.335 e. The Morgan fingerprint density at radius 2 is 1.81 bits per heavy atom. The van der Waals surface area contributed by atoms with Gasteiger partial charge in [0.25, 0.3) is 5.91 Å². The summed E-state index contributed by atoms with van der Waals surface area (Å²) in [4.78, 5) is 39.2. The van der Waals surface area contributed by atoms with E-state index in [-0.39, 0.29) is 11.1 Å². The van der Waals surface area contributed by atoms with Crippen molar-refractivity contribution in [1.29, 1.82) is 0 Å². The van der Waals surface area contributed by atoms with Crippen LogP contribution in [-0.2, 0) is 7.05 Å². The van der Waals surface area contributed by atoms with Crippen molar-refractivity contribution in [2.24, 2.45) is 7.05 Å². The molecule has 2 heterocycles. The van der Waals surface area contributed by atoms with Gasteiger partial charge in [-0.05, 0) is 37.3 Å². The fraction of sp³-hybridized carbons (Fsp3) is 0.118. The van der Waals surface area contributed by atoms with Gasteiger partial charge in [0, 0.05) is 24.3 Å². The second kappa shape index (κ2) is 6.63. The zero-order chi connectivity index (χ0) is 18.8. The van der Waals surface area contributed by atoms with Crippen molar-refractivity contribution < 1.29 is 19.5 Å². The number of hydrogen-bond acceptors (Lipinski definition) is 5. The van der Waals surface area contributed by atoms with E-state index in [0.717, 1.165) is 11.1 Å². The molecule has 0 bridgehead atoms. The summed E-state index contributed by atoms with van der Waals surface area (Å²) in [5, 5.41) is 18.5. The van der Waals surface area contributed by atoms with E-state index in [1.165, 1.54) is 30.5 Å². The normalized spacial score (nSPS) is 10.5. The number of imide groups is 1. The van der Waals surface area contributed by atoms with Crippen molar-refractivity contribution in [3.63, 3.8) is 0 Å². The van der Waals surface area contributed by atoms with Crippen LogP contribution in [0.2, 0.25) is 0 Å². The van der Waals surface area contributed by atoms with Crippen LogP contribution in [0.3, 0.4) is 0 Å². The molecule has 0 saturated carbocycles. The van der Waals surface area contributed by atoms with Crippen molar-refractivity contribution >= 4 is 34.6 Å². The number of urea groups is 1. The Balaban J connectivity index is 1.70. The number of carbonyl (C=O) groups is 3. The number of carboxylic acid groups (broad SMARTS) is 1. The summed E-state index contributed by atoms with van der Waals surface area (Å²) in [6, 6.07) is 6.45. The molecule has 9 nitrogen and oxygen atoms in total. The lowest BCUT2D eigenvalue weighted by molar-refractivity contribution is 0.0696. The number of amides is 3. The first kappa shape index (κ1) is 17.1. The molecule has 3 aromatic rings. The Kier molecular flexibility index (Phi) is 4.36. The van der Waals surface area contributed by atoms with Crippen molar-refractivity contribution in [2.75, 3.05) is 5.32 Å². The van der Waals surface area contributed by atoms with Gasteiger partial charge in [0.05, 0.1) is 16.8 Å². The number of rotatable bonds is 3. The molecule has 1 aromatic carbocycles. The lowest BCUT2D eigenvalue weighted by Gasteiger charge is -2.07. The van der Waals surface area contributed by atoms with E-state index >= 15 is 0 Å². The number of carboxylic acids is 1. The highest BCUT2D eigenvalue weighted by atomic mass is 16.4. The largest absolute Gasteiger partial charge is 0.478 e. The van der Waals surface area contributed by atoms with Crippen LogP contribution in [0.15, 0.2) is 36.5 Å². The SMILES string of the molecule is Cc1nn(C)c2ncc(C(=O)NC(=O)Nc3ccc(C(=O)O)cc3)cc12. The first-order chi connectivity index (χ1) is 12.3. The zero-order valence-electron chi connectivity index (χ0n) is 14.0. The second-order valence-electron chi connectivity index (χ2n) is 5.59. The lowest BCUT2D eigenvalue weighted by Crippen LogP contribution is -2.34. The van der Waals surface area contributed by atoms with Gasteiger partial charge in [-0.3, -0.25) is 14.8 Å². The molecule has 9 heteroatoms. The first-order valence-electron chi connectivity index (χ1n) is 7.60. The van der Waals surface area contributed by atoms with E-state index in [1.54, 1.807) is 24.7 Å². The number of hydrogen-bond donors (Lipinski definition) is 3. The number of aryl methyl sites for hydroxylation is 2. The van der Waals surface area contributed by atoms with E-state index in [0.29, 0.717) is 11.3 Å². The predicted octanol–water partition coefficient (Wildman–Crippen LogP) is 1.94. The standard InChI is InChI=1S/C17H15N5O4/c1-9-13-7-11(8-18-14(13)22(2)21-9)15(23)20-17(26)19-12-5-3-10(4-6-12)16(24)25/h3-8H,1-2H3,(H,24,25)(H2,19,20,23,26). The van der Waals surface area contributed by atoms with Crippen LogP contribution in [-0.4, -0.2) is 37.8 Å². The van der Waals surface area contributed by atoms with Gasteiger partial charge >= 0.3 is 12.0 Å². The van der Waals surface area contributed by atoms with Crippen molar-refractivity contribution in [1.82, 2.24) is 20.1 Å². The topological polar surface area (TPSA) is 126 Å². The molecule has 0 spiro atoms. The number of carbonyl (C=O) groups excluding carboxylic acids is 2. The van der Waals surface area contributed by atoms with Gasteiger partial charge in [-0.2, -0.15) is 5.10 Å². The molecule has 0 aliphatic carbocycles. The number of nitrogens with zero attached hydrogens (tertiary/aromatic N) is 3. The maximum absolute atomic E-state index is 12.2. The Labute approximate surface area is 147 Å². The fourth-order valence-corrected chi connectivity index (χ4v) is 2.47. The molecule has 0 fully saturated rings. The zero-order valence-corrected chi connectivity index (χ0v) is 14.0. The summed E-state index contributed by atoms with van der Waals surface area (Å²) in [5.74, 6) is -1.67. The third-order valence-electron chi connectivity index (χ3n) is 3.74. The molecule has 0 saturated heterocycles. The van der Waals surface area contributed by atoms with Crippen LogP contribution in [0.25, 0.3) is 11.0 Å². The van der Waals surface area contributed by atoms with E-state index in [9.17, 15) is 14.4 Å². The van der Waals surface area contributed by atoms with Gasteiger partial charge < -0.3 is 10.4 Å². The van der Waals surface area contributed by atoms with Gasteiger partial charge in [0.2, 0.25) is 0 Å². The van der Waals surface area contributed by atoms with Crippen molar-refractivity contribution in [2.45, 2.75) is 6.92 Å². The van der Waals surface area contributed by atoms with Crippen LogP contribution < -0.4 is 10.6 Å². The first-order valence-corrected chi connectivity index (χ1v) is 7.60. The average Bonchev–Trinajstić information content (AvgIpc) is 2.89. The van der Waals surface area contributed by atoms with Gasteiger partial charge in [0.15, 0.2) is 5.65 Å². The predicted molar refractivity (Wildman–Crippen MR) is 93.1 cm³/mol. The van der Waals surface area contributed by atoms with Crippen LogP contribution in [0, 0.1) is 6.92 Å². The highest BCUT2D eigenvalue weighted by Gasteiger charge is 2.14. The van der Waals surface area contributed by atoms with Gasteiger partial charge in [0.1, 0.15) is 0 Å². The minimum Gasteiger partial charge on any atom is -0.478 e. The Bertz CT molecular complexity index is 1020. The minimum atomic E-state index is -1.07. The molecule has 3 rings (SSSR count). The highest BCUT2D eigenvalue weighted by molar-refractivity contribution is 6.08. The summed E-state index contributed by atoms with van der Waals surface area (Å²) in [6.45, 7) is 1.80. The summed E-state index contributed by atoms with van der Waals surface area (Å²) in [6.07, 6.45) is 1.37. The van der Waals surface area contributed by atoms with Gasteiger partial charge in [-0.25, -0.2) is 14.6 Å². The Morgan fingerprint density at radius 1 is 1.12 bits per heavy atom. The molecule has 3 N–H and O–H groups in total. The number of aromatic carboxylic acids is 1. The minimum absolute atomic E-state index is 0.0956. The lowest BCUT2D eigenvalue weighted by atomic mass is 10.2. The van der Waals surface area contributed by atoms with E-state index in [4.69, 9.17) is 5.11 Å². The summed E-state index contributed by atoms with van der Waals surface area (Å²) >= 11 is 0. The second-order valence-corrected chi connectivity index (χ2v) is 5.59. The summed E-state index contributed by atoms with van der Waals surface area (Å²) in [5.41, 5.74) is 2.05. The Hall–Kier alpha value is -3.75. The number of nitrogens with one attached hydrogen (secondary N) is 2. The quantitative estimate of drug-likeness (QED) is 0.660. The van der Waals surface area contributed by atoms with E-state index in [1.807, 2.05) is 0 Å². The molecule has 3 amide bonds. The van der Waals surface area contributed by atoms with E-state index < -0.39 is 17.9 Å². The van der Waals surface area contributed by atoms with Crippen molar-refractivity contribution in [3.05, 3.63) is 53.3 Å². The van der Waals surface area contributed by atoms with Gasteiger partial charge in [-0.1, -0.05) is 0 Å². The third-order valence-corrected chi connectivity index (χ3v) is 3.74. The van der Waals surface area contributed by atoms with Crippen molar-refractivity contribution in [3.8, 4) is 0 Å². The Morgan fingerprint density at radius 3 is 2.46 bits per heavy atom. The molecule has 0 unspecified atom stereocenters. The number of fused-ring (bicyclic) bond motifs is 1. The maximum atomic E-state index is 12.2. The highest BCUT2D eigenvalue weighted by Crippen LogP contribution is 2.16. The van der Waals surface area contributed by atoms with E-state index in [2.05, 4.69) is 20.7 Å². The molecule has 0 radical (unpaired) electrons. The fourth-order valence-electron chi connectivity index (χ4n) is 2.47. The molecule has 132 valence electrons. The molecule has 26 heavy (non-hydrogen) atoms.